The van der Waals surface area contributed by atoms with E-state index in [0.717, 1.165) is 6.42 Å². The molecule has 0 unspecified atom stereocenters. The molecular formula is C9H20CuLi2NSi. The molecule has 0 aliphatic heterocycles. The van der Waals surface area contributed by atoms with E-state index in [0.29, 0.717) is 0 Å². The van der Waals surface area contributed by atoms with Gasteiger partial charge in [-0.15, -0.1) is 8.07 Å². The van der Waals surface area contributed by atoms with Gasteiger partial charge < -0.3 is 25.3 Å². The van der Waals surface area contributed by atoms with Crippen LogP contribution in [0.1, 0.15) is 19.8 Å². The van der Waals surface area contributed by atoms with Crippen LogP contribution in [0, 0.1) is 25.3 Å². The Morgan fingerprint density at radius 3 is 1.21 bits per heavy atom. The third-order valence-corrected chi connectivity index (χ3v) is 0.354. The number of nitrogens with zero attached hydrogens (tertiary/aromatic N) is 1. The Morgan fingerprint density at radius 1 is 1.14 bits per heavy atom. The molecule has 0 bridgehead atoms. The summed E-state index contributed by atoms with van der Waals surface area (Å²) in [7, 11) is -0.861. The van der Waals surface area contributed by atoms with Crippen molar-refractivity contribution in [3.05, 3.63) is 20.0 Å². The predicted molar refractivity (Wildman–Crippen MR) is 53.9 cm³/mol. The van der Waals surface area contributed by atoms with Crippen LogP contribution in [-0.2, 0) is 17.1 Å². The maximum Gasteiger partial charge on any atom is 1.00 e. The molecule has 0 saturated heterocycles. The maximum absolute atomic E-state index is 6.25. The van der Waals surface area contributed by atoms with E-state index < -0.39 is 8.07 Å². The van der Waals surface area contributed by atoms with E-state index in [1.54, 1.807) is 0 Å². The Bertz CT molecular complexity index is 76.6. The van der Waals surface area contributed by atoms with Gasteiger partial charge in [-0.05, 0) is 0 Å². The van der Waals surface area contributed by atoms with E-state index in [-0.39, 0.29) is 54.8 Å². The smallest absolute Gasteiger partial charge is 0.512 e. The van der Waals surface area contributed by atoms with Gasteiger partial charge in [0.1, 0.15) is 0 Å². The van der Waals surface area contributed by atoms with E-state index >= 15 is 0 Å². The summed E-state index contributed by atoms with van der Waals surface area (Å²) in [5.74, 6) is 0. The Hall–Kier alpha value is 1.42. The first-order valence-corrected chi connectivity index (χ1v) is 7.49. The molecule has 0 aromatic heterocycles. The molecule has 0 aromatic rings. The minimum absolute atomic E-state index is 0. The summed E-state index contributed by atoms with van der Waals surface area (Å²) in [4.78, 5) is 0. The molecule has 0 atom stereocenters. The van der Waals surface area contributed by atoms with E-state index in [4.69, 9.17) is 11.8 Å². The average molecular weight is 248 g/mol. The number of unbranched alkanes of at least 4 members (excludes halogenated alkanes) is 1. The van der Waals surface area contributed by atoms with Crippen LogP contribution in [0.15, 0.2) is 0 Å². The molecule has 0 saturated carbocycles. The summed E-state index contributed by atoms with van der Waals surface area (Å²) in [6.07, 6.45) is 2.28. The van der Waals surface area contributed by atoms with Crippen LogP contribution in [0.5, 0.6) is 0 Å². The molecule has 0 amide bonds. The van der Waals surface area contributed by atoms with Crippen molar-refractivity contribution in [3.63, 3.8) is 0 Å². The predicted octanol–water partition coefficient (Wildman–Crippen LogP) is -2.58. The van der Waals surface area contributed by atoms with Crippen LogP contribution >= 0.6 is 0 Å². The Morgan fingerprint density at radius 2 is 1.21 bits per heavy atom. The molecule has 1 nitrogen and oxygen atoms in total. The fraction of sp³-hybridized carbons (Fsp3) is 0.667. The summed E-state index contributed by atoms with van der Waals surface area (Å²) in [6, 6.07) is 0. The zero-order valence-corrected chi connectivity index (χ0v) is 12.5. The normalized spacial score (nSPS) is 6.57. The minimum Gasteiger partial charge on any atom is -0.512 e. The van der Waals surface area contributed by atoms with Crippen molar-refractivity contribution in [2.24, 2.45) is 0 Å². The first-order chi connectivity index (χ1) is 4.91. The molecule has 14 heavy (non-hydrogen) atoms. The van der Waals surface area contributed by atoms with E-state index in [9.17, 15) is 0 Å². The van der Waals surface area contributed by atoms with Gasteiger partial charge in [-0.25, -0.2) is 0 Å². The number of hydrogen-bond acceptors (Lipinski definition) is 1. The second-order valence-electron chi connectivity index (χ2n) is 3.41. The van der Waals surface area contributed by atoms with E-state index in [1.165, 1.54) is 6.42 Å². The van der Waals surface area contributed by atoms with Crippen molar-refractivity contribution in [3.8, 4) is 0 Å². The standard InChI is InChI=1S/C4H11Si.C4H9.CN.Cu.2Li/c1-5(2,3)4;1-3-4-2;1-2;;;/h1H2,2-4H3;1,3-4H2,2H3;;;;/q3*-1;3*+1. The second kappa shape index (κ2) is 29.3. The molecule has 0 heterocycles. The average Bonchev–Trinajstić information content (AvgIpc) is 1.89. The fourth-order valence-corrected chi connectivity index (χ4v) is 0. The Kier molecular flexibility index (Phi) is 75.5. The molecule has 0 aromatic carbocycles. The Balaban J connectivity index is -0.0000000166. The van der Waals surface area contributed by atoms with Crippen molar-refractivity contribution in [2.75, 3.05) is 0 Å². The fourth-order valence-electron chi connectivity index (χ4n) is 0. The summed E-state index contributed by atoms with van der Waals surface area (Å²) < 4.78 is 0. The van der Waals surface area contributed by atoms with Crippen LogP contribution in [0.4, 0.5) is 0 Å². The van der Waals surface area contributed by atoms with Crippen LogP contribution in [0.2, 0.25) is 19.6 Å². The van der Waals surface area contributed by atoms with Gasteiger partial charge in [0.05, 0.1) is 0 Å². The van der Waals surface area contributed by atoms with Gasteiger partial charge in [-0.3, -0.25) is 0 Å². The SMILES string of the molecule is [C-]#N.[CH2-]CCC.[CH2-][Si](C)(C)C.[Cu+].[Li+].[Li+]. The van der Waals surface area contributed by atoms with Crippen LogP contribution < -0.4 is 37.7 Å². The van der Waals surface area contributed by atoms with Crippen LogP contribution in [0.3, 0.4) is 0 Å². The first-order valence-electron chi connectivity index (χ1n) is 3.78. The summed E-state index contributed by atoms with van der Waals surface area (Å²) >= 11 is 0. The topological polar surface area (TPSA) is 23.8 Å². The third kappa shape index (κ3) is 353. The molecular weight excluding hydrogens is 228 g/mol. The monoisotopic (exact) mass is 247 g/mol. The minimum atomic E-state index is -0.861. The summed E-state index contributed by atoms with van der Waals surface area (Å²) in [5, 5.41) is 6.25. The largest absolute Gasteiger partial charge is 1.00 e. The van der Waals surface area contributed by atoms with Gasteiger partial charge >= 0.3 is 54.8 Å². The van der Waals surface area contributed by atoms with Gasteiger partial charge in [0.15, 0.2) is 0 Å². The number of rotatable bonds is 1. The van der Waals surface area contributed by atoms with E-state index in [1.807, 2.05) is 0 Å². The maximum atomic E-state index is 6.25. The van der Waals surface area contributed by atoms with Gasteiger partial charge in [-0.2, -0.15) is 6.42 Å². The van der Waals surface area contributed by atoms with Crippen molar-refractivity contribution < 1.29 is 54.8 Å². The second-order valence-corrected chi connectivity index (χ2v) is 8.54. The first kappa shape index (κ1) is 36.1. The van der Waals surface area contributed by atoms with Gasteiger partial charge in [0.25, 0.3) is 0 Å². The molecule has 5 heteroatoms. The molecule has 0 aliphatic rings. The quantitative estimate of drug-likeness (QED) is 0.369. The van der Waals surface area contributed by atoms with Crippen molar-refractivity contribution >= 4 is 8.07 Å². The zero-order valence-electron chi connectivity index (χ0n) is 10.6. The molecule has 78 valence electrons. The van der Waals surface area contributed by atoms with Gasteiger partial charge in [0, 0.05) is 0 Å². The van der Waals surface area contributed by atoms with Crippen LogP contribution in [0.25, 0.3) is 0 Å². The van der Waals surface area contributed by atoms with Gasteiger partial charge in [-0.1, -0.05) is 33.0 Å². The van der Waals surface area contributed by atoms with Crippen molar-refractivity contribution in [1.82, 2.24) is 0 Å². The third-order valence-electron chi connectivity index (χ3n) is 0.354. The Labute approximate surface area is 127 Å². The molecule has 0 N–H and O–H groups in total. The molecule has 0 spiro atoms. The van der Waals surface area contributed by atoms with Crippen LogP contribution in [-0.4, -0.2) is 8.07 Å². The molecule has 0 rings (SSSR count). The van der Waals surface area contributed by atoms with Crippen molar-refractivity contribution in [1.29, 1.82) is 5.26 Å². The summed E-state index contributed by atoms with van der Waals surface area (Å²) in [6.45, 7) is 21.0. The molecule has 0 radical (unpaired) electrons. The molecule has 0 aliphatic carbocycles. The van der Waals surface area contributed by atoms with E-state index in [2.05, 4.69) is 40.0 Å². The number of hydrogen-bond donors (Lipinski definition) is 0. The van der Waals surface area contributed by atoms with Gasteiger partial charge in [0.2, 0.25) is 0 Å². The molecule has 0 fully saturated rings. The van der Waals surface area contributed by atoms with Crippen molar-refractivity contribution in [2.45, 2.75) is 39.4 Å². The summed E-state index contributed by atoms with van der Waals surface area (Å²) in [5.41, 5.74) is 0. The zero-order chi connectivity index (χ0) is 9.91.